The molecule has 5 heteroatoms. The lowest BCUT2D eigenvalue weighted by molar-refractivity contribution is 0.385. The lowest BCUT2D eigenvalue weighted by atomic mass is 9.98. The van der Waals surface area contributed by atoms with Gasteiger partial charge in [0.1, 0.15) is 5.75 Å². The van der Waals surface area contributed by atoms with Crippen LogP contribution in [-0.2, 0) is 0 Å². The van der Waals surface area contributed by atoms with E-state index in [1.807, 2.05) is 36.4 Å². The van der Waals surface area contributed by atoms with Crippen LogP contribution in [0.2, 0.25) is 0 Å². The SMILES string of the molecule is COc1ccc(C(N)c2noc(C)n2)c2ccccc12. The predicted octanol–water partition coefficient (Wildman–Crippen LogP) is 2.59. The Morgan fingerprint density at radius 1 is 1.15 bits per heavy atom. The minimum absolute atomic E-state index is 0.428. The molecule has 0 spiro atoms. The number of methoxy groups -OCH3 is 1. The Morgan fingerprint density at radius 2 is 1.90 bits per heavy atom. The van der Waals surface area contributed by atoms with Crippen LogP contribution in [-0.4, -0.2) is 17.3 Å². The van der Waals surface area contributed by atoms with Gasteiger partial charge in [-0.25, -0.2) is 0 Å². The Balaban J connectivity index is 2.17. The summed E-state index contributed by atoms with van der Waals surface area (Å²) >= 11 is 0. The molecule has 3 aromatic rings. The molecule has 0 aliphatic carbocycles. The fraction of sp³-hybridized carbons (Fsp3) is 0.200. The van der Waals surface area contributed by atoms with Crippen LogP contribution in [0, 0.1) is 6.92 Å². The molecule has 1 atom stereocenters. The highest BCUT2D eigenvalue weighted by Crippen LogP contribution is 2.32. The van der Waals surface area contributed by atoms with Gasteiger partial charge in [0.2, 0.25) is 5.89 Å². The minimum atomic E-state index is -0.428. The van der Waals surface area contributed by atoms with Crippen molar-refractivity contribution in [2.75, 3.05) is 7.11 Å². The standard InChI is InChI=1S/C15H15N3O2/c1-9-17-15(18-20-9)14(16)12-7-8-13(19-2)11-6-4-3-5-10(11)12/h3-8,14H,16H2,1-2H3. The van der Waals surface area contributed by atoms with E-state index in [0.29, 0.717) is 11.7 Å². The van der Waals surface area contributed by atoms with Gasteiger partial charge in [-0.3, -0.25) is 0 Å². The zero-order valence-corrected chi connectivity index (χ0v) is 11.3. The van der Waals surface area contributed by atoms with Crippen LogP contribution in [0.1, 0.15) is 23.3 Å². The Kier molecular flexibility index (Phi) is 3.12. The van der Waals surface area contributed by atoms with Gasteiger partial charge in [-0.2, -0.15) is 4.98 Å². The summed E-state index contributed by atoms with van der Waals surface area (Å²) in [6.07, 6.45) is 0. The Morgan fingerprint density at radius 3 is 2.55 bits per heavy atom. The fourth-order valence-electron chi connectivity index (χ4n) is 2.32. The summed E-state index contributed by atoms with van der Waals surface area (Å²) < 4.78 is 10.4. The largest absolute Gasteiger partial charge is 0.496 e. The highest BCUT2D eigenvalue weighted by atomic mass is 16.5. The molecule has 0 bridgehead atoms. The highest BCUT2D eigenvalue weighted by molar-refractivity contribution is 5.91. The molecule has 0 radical (unpaired) electrons. The Bertz CT molecular complexity index is 752. The van der Waals surface area contributed by atoms with E-state index in [-0.39, 0.29) is 0 Å². The van der Waals surface area contributed by atoms with E-state index >= 15 is 0 Å². The van der Waals surface area contributed by atoms with E-state index in [4.69, 9.17) is 15.0 Å². The monoisotopic (exact) mass is 269 g/mol. The summed E-state index contributed by atoms with van der Waals surface area (Å²) in [6, 6.07) is 11.4. The third-order valence-corrected chi connectivity index (χ3v) is 3.29. The molecular weight excluding hydrogens is 254 g/mol. The number of rotatable bonds is 3. The van der Waals surface area contributed by atoms with Crippen LogP contribution < -0.4 is 10.5 Å². The molecule has 102 valence electrons. The number of nitrogens with two attached hydrogens (primary N) is 1. The van der Waals surface area contributed by atoms with Crippen molar-refractivity contribution < 1.29 is 9.26 Å². The van der Waals surface area contributed by atoms with Crippen LogP contribution in [0.3, 0.4) is 0 Å². The maximum absolute atomic E-state index is 6.26. The molecule has 2 aromatic carbocycles. The molecule has 0 aliphatic rings. The van der Waals surface area contributed by atoms with E-state index in [1.165, 1.54) is 0 Å². The summed E-state index contributed by atoms with van der Waals surface area (Å²) in [6.45, 7) is 1.75. The van der Waals surface area contributed by atoms with E-state index in [1.54, 1.807) is 14.0 Å². The van der Waals surface area contributed by atoms with Gasteiger partial charge in [-0.15, -0.1) is 0 Å². The smallest absolute Gasteiger partial charge is 0.223 e. The van der Waals surface area contributed by atoms with Crippen molar-refractivity contribution in [1.82, 2.24) is 10.1 Å². The van der Waals surface area contributed by atoms with Gasteiger partial charge < -0.3 is 15.0 Å². The van der Waals surface area contributed by atoms with Gasteiger partial charge in [0.05, 0.1) is 13.2 Å². The highest BCUT2D eigenvalue weighted by Gasteiger charge is 2.18. The molecule has 1 heterocycles. The van der Waals surface area contributed by atoms with Gasteiger partial charge in [-0.1, -0.05) is 35.5 Å². The van der Waals surface area contributed by atoms with E-state index in [0.717, 1.165) is 22.1 Å². The first kappa shape index (κ1) is 12.6. The van der Waals surface area contributed by atoms with Crippen LogP contribution in [0.15, 0.2) is 40.9 Å². The summed E-state index contributed by atoms with van der Waals surface area (Å²) in [5.74, 6) is 1.81. The summed E-state index contributed by atoms with van der Waals surface area (Å²) in [5, 5.41) is 5.95. The normalized spacial score (nSPS) is 12.6. The predicted molar refractivity (Wildman–Crippen MR) is 75.6 cm³/mol. The molecule has 1 unspecified atom stereocenters. The molecule has 5 nitrogen and oxygen atoms in total. The number of ether oxygens (including phenoxy) is 1. The van der Waals surface area contributed by atoms with Gasteiger partial charge in [0.25, 0.3) is 0 Å². The van der Waals surface area contributed by atoms with Gasteiger partial charge in [0, 0.05) is 12.3 Å². The first-order valence-corrected chi connectivity index (χ1v) is 6.32. The number of nitrogens with zero attached hydrogens (tertiary/aromatic N) is 2. The summed E-state index contributed by atoms with van der Waals surface area (Å²) in [5.41, 5.74) is 7.21. The molecule has 0 saturated carbocycles. The third-order valence-electron chi connectivity index (χ3n) is 3.29. The van der Waals surface area contributed by atoms with Crippen molar-refractivity contribution in [2.45, 2.75) is 13.0 Å². The average Bonchev–Trinajstić information content (AvgIpc) is 2.92. The second-order valence-electron chi connectivity index (χ2n) is 4.55. The van der Waals surface area contributed by atoms with E-state index in [9.17, 15) is 0 Å². The molecule has 1 aromatic heterocycles. The molecule has 2 N–H and O–H groups in total. The molecule has 3 rings (SSSR count). The summed E-state index contributed by atoms with van der Waals surface area (Å²) in [4.78, 5) is 4.20. The zero-order valence-electron chi connectivity index (χ0n) is 11.3. The van der Waals surface area contributed by atoms with Crippen molar-refractivity contribution in [1.29, 1.82) is 0 Å². The molecule has 0 aliphatic heterocycles. The lowest BCUT2D eigenvalue weighted by Crippen LogP contribution is -2.14. The Hall–Kier alpha value is -2.40. The van der Waals surface area contributed by atoms with Crippen molar-refractivity contribution in [3.63, 3.8) is 0 Å². The topological polar surface area (TPSA) is 74.2 Å². The Labute approximate surface area is 116 Å². The number of aryl methyl sites for hydroxylation is 1. The molecule has 0 fully saturated rings. The van der Waals surface area contributed by atoms with Crippen LogP contribution in [0.5, 0.6) is 5.75 Å². The maximum Gasteiger partial charge on any atom is 0.223 e. The zero-order chi connectivity index (χ0) is 14.1. The quantitative estimate of drug-likeness (QED) is 0.791. The minimum Gasteiger partial charge on any atom is -0.496 e. The first-order valence-electron chi connectivity index (χ1n) is 6.32. The van der Waals surface area contributed by atoms with E-state index in [2.05, 4.69) is 10.1 Å². The number of fused-ring (bicyclic) bond motifs is 1. The van der Waals surface area contributed by atoms with Crippen molar-refractivity contribution >= 4 is 10.8 Å². The van der Waals surface area contributed by atoms with Crippen LogP contribution >= 0.6 is 0 Å². The van der Waals surface area contributed by atoms with Gasteiger partial charge in [-0.05, 0) is 17.0 Å². The molecule has 20 heavy (non-hydrogen) atoms. The third kappa shape index (κ3) is 2.02. The summed E-state index contributed by atoms with van der Waals surface area (Å²) in [7, 11) is 1.66. The van der Waals surface area contributed by atoms with Crippen LogP contribution in [0.25, 0.3) is 10.8 Å². The lowest BCUT2D eigenvalue weighted by Gasteiger charge is -2.13. The maximum atomic E-state index is 6.26. The molecule has 0 amide bonds. The number of benzene rings is 2. The fourth-order valence-corrected chi connectivity index (χ4v) is 2.32. The van der Waals surface area contributed by atoms with Crippen molar-refractivity contribution in [3.05, 3.63) is 53.7 Å². The second-order valence-corrected chi connectivity index (χ2v) is 4.55. The number of aromatic nitrogens is 2. The second kappa shape index (κ2) is 4.94. The first-order chi connectivity index (χ1) is 9.70. The number of hydrogen-bond acceptors (Lipinski definition) is 5. The van der Waals surface area contributed by atoms with Crippen molar-refractivity contribution in [2.24, 2.45) is 5.73 Å². The number of hydrogen-bond donors (Lipinski definition) is 1. The molecular formula is C15H15N3O2. The van der Waals surface area contributed by atoms with Crippen molar-refractivity contribution in [3.8, 4) is 5.75 Å². The van der Waals surface area contributed by atoms with Crippen LogP contribution in [0.4, 0.5) is 0 Å². The van der Waals surface area contributed by atoms with Gasteiger partial charge >= 0.3 is 0 Å². The molecule has 0 saturated heterocycles. The van der Waals surface area contributed by atoms with E-state index < -0.39 is 6.04 Å². The van der Waals surface area contributed by atoms with Gasteiger partial charge in [0.15, 0.2) is 5.82 Å². The average molecular weight is 269 g/mol.